The highest BCUT2D eigenvalue weighted by molar-refractivity contribution is 5.74. The fourth-order valence-corrected chi connectivity index (χ4v) is 4.35. The minimum atomic E-state index is -0.0224. The van der Waals surface area contributed by atoms with Gasteiger partial charge in [0.05, 0.1) is 22.9 Å². The Bertz CT molecular complexity index is 1160. The third kappa shape index (κ3) is 3.26. The number of rotatable bonds is 4. The van der Waals surface area contributed by atoms with Gasteiger partial charge in [-0.25, -0.2) is 4.98 Å². The zero-order valence-corrected chi connectivity index (χ0v) is 16.3. The highest BCUT2D eigenvalue weighted by atomic mass is 16.1. The van der Waals surface area contributed by atoms with Crippen LogP contribution in [0.15, 0.2) is 41.5 Å². The lowest BCUT2D eigenvalue weighted by Crippen LogP contribution is -2.46. The summed E-state index contributed by atoms with van der Waals surface area (Å²) in [5, 5.41) is 8.92. The number of piperazine rings is 1. The van der Waals surface area contributed by atoms with Crippen molar-refractivity contribution in [1.82, 2.24) is 19.9 Å². The molecule has 29 heavy (non-hydrogen) atoms. The maximum atomic E-state index is 12.1. The molecule has 0 spiro atoms. The highest BCUT2D eigenvalue weighted by Gasteiger charge is 2.48. The molecule has 1 aliphatic carbocycles. The standard InChI is InChI=1S/C22H22N6O/c1-2-15-8-18-19(26-22(15)29)7-14(11-25-18)13-27-5-6-28(21-9-20(21)27)17-4-3-16(10-23)24-12-17/h3-4,7-8,11-12,20-21H,2,5-6,9,13H2,1H3,(H,26,29)/t20?,21-/m1/s1. The van der Waals surface area contributed by atoms with Crippen molar-refractivity contribution in [3.8, 4) is 6.07 Å². The van der Waals surface area contributed by atoms with Crippen molar-refractivity contribution in [1.29, 1.82) is 5.26 Å². The Morgan fingerprint density at radius 3 is 2.86 bits per heavy atom. The second kappa shape index (κ2) is 6.98. The molecule has 1 aliphatic heterocycles. The number of hydrogen-bond acceptors (Lipinski definition) is 6. The Balaban J connectivity index is 1.30. The lowest BCUT2D eigenvalue weighted by Gasteiger charge is -2.35. The summed E-state index contributed by atoms with van der Waals surface area (Å²) in [4.78, 5) is 28.8. The third-order valence-corrected chi connectivity index (χ3v) is 6.01. The van der Waals surface area contributed by atoms with E-state index >= 15 is 0 Å². The van der Waals surface area contributed by atoms with E-state index in [1.54, 1.807) is 12.3 Å². The molecular formula is C22H22N6O. The van der Waals surface area contributed by atoms with Crippen molar-refractivity contribution in [3.63, 3.8) is 0 Å². The third-order valence-electron chi connectivity index (χ3n) is 6.01. The van der Waals surface area contributed by atoms with E-state index in [1.807, 2.05) is 25.3 Å². The number of anilines is 1. The average Bonchev–Trinajstić information content (AvgIpc) is 3.55. The molecule has 1 unspecified atom stereocenters. The number of nitrogens with one attached hydrogen (secondary N) is 1. The van der Waals surface area contributed by atoms with Crippen LogP contribution in [0.4, 0.5) is 5.69 Å². The lowest BCUT2D eigenvalue weighted by atomic mass is 10.1. The van der Waals surface area contributed by atoms with E-state index in [0.717, 1.165) is 53.9 Å². The van der Waals surface area contributed by atoms with Crippen LogP contribution in [0.25, 0.3) is 11.0 Å². The SMILES string of the molecule is CCc1cc2ncc(CN3CCN(c4ccc(C#N)nc4)[C@@H]4CC43)cc2[nH]c1=O. The Morgan fingerprint density at radius 1 is 1.21 bits per heavy atom. The van der Waals surface area contributed by atoms with E-state index in [1.165, 1.54) is 0 Å². The molecule has 2 aliphatic rings. The quantitative estimate of drug-likeness (QED) is 0.740. The molecule has 4 heterocycles. The zero-order chi connectivity index (χ0) is 20.0. The molecule has 1 N–H and O–H groups in total. The summed E-state index contributed by atoms with van der Waals surface area (Å²) in [6, 6.07) is 10.8. The fraction of sp³-hybridized carbons (Fsp3) is 0.364. The van der Waals surface area contributed by atoms with Crippen molar-refractivity contribution < 1.29 is 0 Å². The summed E-state index contributed by atoms with van der Waals surface area (Å²) >= 11 is 0. The topological polar surface area (TPSA) is 88.9 Å². The van der Waals surface area contributed by atoms with E-state index < -0.39 is 0 Å². The summed E-state index contributed by atoms with van der Waals surface area (Å²) in [5.74, 6) is 0. The second-order valence-electron chi connectivity index (χ2n) is 7.80. The van der Waals surface area contributed by atoms with Crippen LogP contribution in [0.5, 0.6) is 0 Å². The van der Waals surface area contributed by atoms with Crippen molar-refractivity contribution in [2.45, 2.75) is 38.4 Å². The van der Waals surface area contributed by atoms with Crippen LogP contribution in [0.3, 0.4) is 0 Å². The average molecular weight is 386 g/mol. The number of aryl methyl sites for hydroxylation is 1. The summed E-state index contributed by atoms with van der Waals surface area (Å²) in [6.07, 6.45) is 5.57. The molecule has 0 radical (unpaired) electrons. The molecule has 1 saturated carbocycles. The van der Waals surface area contributed by atoms with Gasteiger partial charge in [-0.05, 0) is 42.7 Å². The molecule has 3 aromatic heterocycles. The summed E-state index contributed by atoms with van der Waals surface area (Å²) in [5.41, 5.74) is 5.06. The van der Waals surface area contributed by atoms with E-state index in [4.69, 9.17) is 5.26 Å². The first-order chi connectivity index (χ1) is 14.2. The molecule has 2 atom stereocenters. The van der Waals surface area contributed by atoms with Gasteiger partial charge in [-0.15, -0.1) is 0 Å². The van der Waals surface area contributed by atoms with Crippen molar-refractivity contribution in [2.75, 3.05) is 18.0 Å². The van der Waals surface area contributed by atoms with Crippen molar-refractivity contribution in [2.24, 2.45) is 0 Å². The maximum absolute atomic E-state index is 12.1. The lowest BCUT2D eigenvalue weighted by molar-refractivity contribution is 0.234. The van der Waals surface area contributed by atoms with Gasteiger partial charge in [0.25, 0.3) is 5.56 Å². The molecule has 7 heteroatoms. The molecule has 0 bridgehead atoms. The van der Waals surface area contributed by atoms with Crippen LogP contribution in [-0.4, -0.2) is 45.0 Å². The van der Waals surface area contributed by atoms with Gasteiger partial charge in [-0.1, -0.05) is 6.92 Å². The molecular weight excluding hydrogens is 364 g/mol. The van der Waals surface area contributed by atoms with Crippen LogP contribution in [-0.2, 0) is 13.0 Å². The summed E-state index contributed by atoms with van der Waals surface area (Å²) < 4.78 is 0. The number of H-pyrrole nitrogens is 1. The Hall–Kier alpha value is -3.24. The summed E-state index contributed by atoms with van der Waals surface area (Å²) in [6.45, 7) is 4.71. The van der Waals surface area contributed by atoms with Gasteiger partial charge in [-0.2, -0.15) is 5.26 Å². The van der Waals surface area contributed by atoms with Gasteiger partial charge in [0.15, 0.2) is 0 Å². The molecule has 2 fully saturated rings. The minimum Gasteiger partial charge on any atom is -0.364 e. The monoisotopic (exact) mass is 386 g/mol. The predicted molar refractivity (Wildman–Crippen MR) is 111 cm³/mol. The predicted octanol–water partition coefficient (Wildman–Crippen LogP) is 2.22. The first kappa shape index (κ1) is 17.8. The van der Waals surface area contributed by atoms with Crippen molar-refractivity contribution >= 4 is 16.7 Å². The molecule has 0 aromatic carbocycles. The van der Waals surface area contributed by atoms with E-state index in [0.29, 0.717) is 24.2 Å². The summed E-state index contributed by atoms with van der Waals surface area (Å²) in [7, 11) is 0. The normalized spacial score (nSPS) is 21.0. The maximum Gasteiger partial charge on any atom is 0.251 e. The van der Waals surface area contributed by atoms with Crippen LogP contribution >= 0.6 is 0 Å². The molecule has 0 amide bonds. The molecule has 3 aromatic rings. The number of nitriles is 1. The first-order valence-electron chi connectivity index (χ1n) is 10.0. The number of pyridine rings is 3. The van der Waals surface area contributed by atoms with Gasteiger partial charge in [0, 0.05) is 43.5 Å². The number of nitrogens with zero attached hydrogens (tertiary/aromatic N) is 5. The largest absolute Gasteiger partial charge is 0.364 e. The van der Waals surface area contributed by atoms with Gasteiger partial charge < -0.3 is 9.88 Å². The van der Waals surface area contributed by atoms with Gasteiger partial charge in [-0.3, -0.25) is 14.7 Å². The van der Waals surface area contributed by atoms with Gasteiger partial charge >= 0.3 is 0 Å². The van der Waals surface area contributed by atoms with E-state index in [-0.39, 0.29) is 5.56 Å². The Morgan fingerprint density at radius 2 is 2.10 bits per heavy atom. The highest BCUT2D eigenvalue weighted by Crippen LogP contribution is 2.39. The van der Waals surface area contributed by atoms with Crippen LogP contribution in [0.1, 0.15) is 30.2 Å². The molecule has 5 rings (SSSR count). The number of aromatic nitrogens is 3. The Kier molecular flexibility index (Phi) is 4.29. The van der Waals surface area contributed by atoms with Crippen LogP contribution in [0.2, 0.25) is 0 Å². The molecule has 1 saturated heterocycles. The van der Waals surface area contributed by atoms with Gasteiger partial charge in [0.1, 0.15) is 11.8 Å². The van der Waals surface area contributed by atoms with Gasteiger partial charge in [0.2, 0.25) is 0 Å². The number of fused-ring (bicyclic) bond motifs is 2. The molecule has 146 valence electrons. The van der Waals surface area contributed by atoms with E-state index in [9.17, 15) is 4.79 Å². The minimum absolute atomic E-state index is 0.0224. The van der Waals surface area contributed by atoms with Crippen molar-refractivity contribution in [3.05, 3.63) is 63.8 Å². The number of aromatic amines is 1. The second-order valence-corrected chi connectivity index (χ2v) is 7.80. The Labute approximate surface area is 168 Å². The number of hydrogen-bond donors (Lipinski definition) is 1. The van der Waals surface area contributed by atoms with Crippen LogP contribution < -0.4 is 10.5 Å². The zero-order valence-electron chi connectivity index (χ0n) is 16.3. The van der Waals surface area contributed by atoms with E-state index in [2.05, 4.69) is 36.9 Å². The fourth-order valence-electron chi connectivity index (χ4n) is 4.35. The van der Waals surface area contributed by atoms with Crippen LogP contribution in [0, 0.1) is 11.3 Å². The first-order valence-corrected chi connectivity index (χ1v) is 10.0. The molecule has 7 nitrogen and oxygen atoms in total. The smallest absolute Gasteiger partial charge is 0.251 e.